The van der Waals surface area contributed by atoms with Gasteiger partial charge in [-0.2, -0.15) is 0 Å². The summed E-state index contributed by atoms with van der Waals surface area (Å²) in [4.78, 5) is 68.0. The zero-order chi connectivity index (χ0) is 49.9. The number of nitrogens with one attached hydrogen (secondary N) is 3. The summed E-state index contributed by atoms with van der Waals surface area (Å²) in [5, 5.41) is 30.1. The molecule has 3 aromatic heterocycles. The lowest BCUT2D eigenvalue weighted by Crippen LogP contribution is -2.58. The highest BCUT2D eigenvalue weighted by Gasteiger charge is 2.44. The van der Waals surface area contributed by atoms with Crippen LogP contribution in [0.2, 0.25) is 5.02 Å². The number of hydrogen-bond acceptors (Lipinski definition) is 12. The number of amides is 4. The predicted octanol–water partition coefficient (Wildman–Crippen LogP) is 7.56. The largest absolute Gasteiger partial charge is 0.494 e. The number of nitrogens with zero attached hydrogens (tertiary/aromatic N) is 6. The highest BCUT2D eigenvalue weighted by molar-refractivity contribution is 7.15. The first kappa shape index (κ1) is 50.1. The SMILES string of the molecule is Cc1ncsc1-c1ccc(CNC(=O)[C@@H]2C[C@@H](O)CN2C(=O)C(NC(=O)Cc2cccc(OCCCNC(=O)C[C@@H]3N=C(c4ccc(Cl)cc4)c4c(sc(C)c4C)-n4c(C)nnc43)c2)C(C)(C)C)cc1. The summed E-state index contributed by atoms with van der Waals surface area (Å²) in [6.45, 7) is 14.5. The molecule has 1 unspecified atom stereocenters. The van der Waals surface area contributed by atoms with Gasteiger partial charge in [0, 0.05) is 47.1 Å². The van der Waals surface area contributed by atoms with E-state index in [1.165, 1.54) is 4.90 Å². The summed E-state index contributed by atoms with van der Waals surface area (Å²) < 4.78 is 8.06. The molecule has 70 heavy (non-hydrogen) atoms. The second kappa shape index (κ2) is 21.4. The molecule has 6 aromatic rings. The Morgan fingerprint density at radius 3 is 2.39 bits per heavy atom. The number of aromatic nitrogens is 4. The number of thiazole rings is 1. The Balaban J connectivity index is 0.829. The van der Waals surface area contributed by atoms with E-state index in [1.807, 2.05) is 99.3 Å². The minimum absolute atomic E-state index is 0.0218. The van der Waals surface area contributed by atoms with Crippen molar-refractivity contribution in [3.05, 3.63) is 133 Å². The maximum Gasteiger partial charge on any atom is 0.246 e. The van der Waals surface area contributed by atoms with Gasteiger partial charge in [-0.25, -0.2) is 4.98 Å². The summed E-state index contributed by atoms with van der Waals surface area (Å²) in [6.07, 6.45) is -0.231. The minimum Gasteiger partial charge on any atom is -0.494 e. The van der Waals surface area contributed by atoms with Gasteiger partial charge in [0.25, 0.3) is 0 Å². The number of aryl methyl sites for hydroxylation is 3. The van der Waals surface area contributed by atoms with E-state index in [0.29, 0.717) is 47.6 Å². The van der Waals surface area contributed by atoms with Crippen LogP contribution in [0.1, 0.15) is 96.1 Å². The van der Waals surface area contributed by atoms with E-state index in [1.54, 1.807) is 40.9 Å². The number of rotatable bonds is 16. The fraction of sp³-hybridized carbons (Fsp3) is 0.385. The van der Waals surface area contributed by atoms with Gasteiger partial charge in [-0.05, 0) is 86.1 Å². The molecule has 0 spiro atoms. The number of likely N-dealkylation sites (tertiary alicyclic amines) is 1. The van der Waals surface area contributed by atoms with Crippen molar-refractivity contribution in [3.8, 4) is 21.2 Å². The van der Waals surface area contributed by atoms with Crippen LogP contribution in [0.3, 0.4) is 0 Å². The molecule has 8 rings (SSSR count). The number of ether oxygens (including phenoxy) is 1. The molecule has 0 saturated carbocycles. The number of aliphatic hydroxyl groups excluding tert-OH is 1. The summed E-state index contributed by atoms with van der Waals surface area (Å²) in [5.74, 6) is 0.510. The number of aliphatic hydroxyl groups is 1. The van der Waals surface area contributed by atoms with Crippen LogP contribution in [0.4, 0.5) is 0 Å². The molecule has 366 valence electrons. The number of β-amino-alcohol motifs (C(OH)–C–C–N with tert-alkyl or cyclic N) is 1. The third-order valence-electron chi connectivity index (χ3n) is 12.6. The Bertz CT molecular complexity index is 2920. The lowest BCUT2D eigenvalue weighted by molar-refractivity contribution is -0.144. The zero-order valence-electron chi connectivity index (χ0n) is 40.3. The van der Waals surface area contributed by atoms with Crippen LogP contribution in [0.5, 0.6) is 5.75 Å². The third-order valence-corrected chi connectivity index (χ3v) is 15.0. The van der Waals surface area contributed by atoms with E-state index >= 15 is 0 Å². The first-order chi connectivity index (χ1) is 33.4. The molecule has 4 amide bonds. The molecule has 4 N–H and O–H groups in total. The third kappa shape index (κ3) is 11.3. The van der Waals surface area contributed by atoms with Crippen molar-refractivity contribution in [1.29, 1.82) is 0 Å². The zero-order valence-corrected chi connectivity index (χ0v) is 42.7. The summed E-state index contributed by atoms with van der Waals surface area (Å²) in [6, 6.07) is 20.2. The van der Waals surface area contributed by atoms with Crippen molar-refractivity contribution in [2.75, 3.05) is 19.7 Å². The van der Waals surface area contributed by atoms with Gasteiger partial charge in [0.1, 0.15) is 34.7 Å². The Morgan fingerprint density at radius 2 is 1.67 bits per heavy atom. The van der Waals surface area contributed by atoms with Gasteiger partial charge in [-0.3, -0.25) is 28.7 Å². The number of carbonyl (C=O) groups is 4. The van der Waals surface area contributed by atoms with Gasteiger partial charge in [-0.1, -0.05) is 80.9 Å². The van der Waals surface area contributed by atoms with Crippen molar-refractivity contribution < 1.29 is 29.0 Å². The van der Waals surface area contributed by atoms with Gasteiger partial charge in [0.05, 0.1) is 47.3 Å². The number of benzene rings is 3. The average molecular weight is 1000 g/mol. The van der Waals surface area contributed by atoms with E-state index in [4.69, 9.17) is 21.3 Å². The van der Waals surface area contributed by atoms with Gasteiger partial charge < -0.3 is 30.7 Å². The molecule has 2 aliphatic rings. The van der Waals surface area contributed by atoms with Crippen LogP contribution in [0.15, 0.2) is 83.3 Å². The topological polar surface area (TPSA) is 193 Å². The van der Waals surface area contributed by atoms with Gasteiger partial charge in [0.15, 0.2) is 5.82 Å². The van der Waals surface area contributed by atoms with Crippen LogP contribution in [0.25, 0.3) is 15.4 Å². The van der Waals surface area contributed by atoms with Crippen molar-refractivity contribution in [3.63, 3.8) is 0 Å². The van der Waals surface area contributed by atoms with Crippen molar-refractivity contribution in [1.82, 2.24) is 40.6 Å². The smallest absolute Gasteiger partial charge is 0.246 e. The molecule has 4 atom stereocenters. The van der Waals surface area contributed by atoms with E-state index in [9.17, 15) is 24.3 Å². The number of thiophene rings is 1. The molecule has 1 fully saturated rings. The molecule has 15 nitrogen and oxygen atoms in total. The molecular weight excluding hydrogens is 946 g/mol. The monoisotopic (exact) mass is 1000 g/mol. The van der Waals surface area contributed by atoms with Crippen LogP contribution in [-0.2, 0) is 32.1 Å². The predicted molar refractivity (Wildman–Crippen MR) is 273 cm³/mol. The fourth-order valence-electron chi connectivity index (χ4n) is 8.79. The maximum absolute atomic E-state index is 14.2. The Labute approximate surface area is 420 Å². The van der Waals surface area contributed by atoms with E-state index in [2.05, 4.69) is 45.0 Å². The second-order valence-electron chi connectivity index (χ2n) is 18.9. The lowest BCUT2D eigenvalue weighted by Gasteiger charge is -2.35. The normalized spacial score (nSPS) is 17.0. The van der Waals surface area contributed by atoms with E-state index < -0.39 is 35.6 Å². The summed E-state index contributed by atoms with van der Waals surface area (Å²) in [7, 11) is 0. The number of hydrogen-bond donors (Lipinski definition) is 4. The highest BCUT2D eigenvalue weighted by atomic mass is 35.5. The molecule has 0 aliphatic carbocycles. The Morgan fingerprint density at radius 1 is 0.929 bits per heavy atom. The molecule has 5 heterocycles. The van der Waals surface area contributed by atoms with Gasteiger partial charge >= 0.3 is 0 Å². The summed E-state index contributed by atoms with van der Waals surface area (Å²) >= 11 is 9.48. The van der Waals surface area contributed by atoms with Crippen LogP contribution in [0, 0.1) is 33.1 Å². The van der Waals surface area contributed by atoms with Gasteiger partial charge in [0.2, 0.25) is 23.6 Å². The molecule has 2 aliphatic heterocycles. The molecule has 0 bridgehead atoms. The standard InChI is InChI=1S/C52H58ClN9O6S2/c1-29-31(3)70-51-44(29)45(35-16-18-37(53)19-17-35)57-40(48-60-59-32(4)62(48)51)25-42(64)54-20-9-21-68-39-11-8-10-34(22-39)23-43(65)58-47(52(5,6)7)50(67)61-27-38(63)24-41(61)49(66)55-26-33-12-14-36(15-13-33)46-30(2)56-28-69-46/h8,10-19,22,28,38,40-41,47,63H,9,20-21,23-27H2,1-7H3,(H,54,64)(H,55,66)(H,58,65)/t38-,40+,41+,47?/m1/s1. The first-order valence-corrected chi connectivity index (χ1v) is 25.4. The maximum atomic E-state index is 14.2. The Kier molecular flexibility index (Phi) is 15.3. The van der Waals surface area contributed by atoms with Crippen molar-refractivity contribution in [2.45, 2.75) is 105 Å². The Hall–Kier alpha value is -6.27. The quantitative estimate of drug-likeness (QED) is 0.0709. The van der Waals surface area contributed by atoms with Crippen molar-refractivity contribution in [2.24, 2.45) is 10.4 Å². The molecule has 0 radical (unpaired) electrons. The van der Waals surface area contributed by atoms with Crippen LogP contribution in [-0.4, -0.2) is 97.0 Å². The summed E-state index contributed by atoms with van der Waals surface area (Å²) in [5.41, 5.74) is 8.46. The molecular formula is C52H58ClN9O6S2. The highest BCUT2D eigenvalue weighted by Crippen LogP contribution is 2.40. The van der Waals surface area contributed by atoms with E-state index in [0.717, 1.165) is 54.0 Å². The fourth-order valence-corrected chi connectivity index (χ4v) is 10.9. The van der Waals surface area contributed by atoms with Gasteiger partial charge in [-0.15, -0.1) is 32.9 Å². The number of fused-ring (bicyclic) bond motifs is 3. The van der Waals surface area contributed by atoms with E-state index in [-0.39, 0.29) is 50.1 Å². The van der Waals surface area contributed by atoms with Crippen LogP contribution < -0.4 is 20.7 Å². The number of carbonyl (C=O) groups excluding carboxylic acids is 4. The minimum atomic E-state index is -0.970. The lowest BCUT2D eigenvalue weighted by atomic mass is 9.85. The number of aliphatic imine (C=N–C) groups is 1. The second-order valence-corrected chi connectivity index (χ2v) is 21.4. The first-order valence-electron chi connectivity index (χ1n) is 23.3. The molecule has 1 saturated heterocycles. The molecule has 18 heteroatoms. The van der Waals surface area contributed by atoms with Crippen LogP contribution >= 0.6 is 34.3 Å². The van der Waals surface area contributed by atoms with Crippen molar-refractivity contribution >= 4 is 63.6 Å². The average Bonchev–Trinajstić information content (AvgIpc) is 4.09. The number of halogens is 1. The molecule has 3 aromatic carbocycles.